The summed E-state index contributed by atoms with van der Waals surface area (Å²) in [6.45, 7) is 0. The van der Waals surface area contributed by atoms with Gasteiger partial charge in [-0.2, -0.15) is 0 Å². The summed E-state index contributed by atoms with van der Waals surface area (Å²) in [5.74, 6) is 0. The average molecular weight is 293 g/mol. The fourth-order valence-corrected chi connectivity index (χ4v) is 1.68. The van der Waals surface area contributed by atoms with E-state index in [1.807, 2.05) is 0 Å². The molecule has 2 N–H and O–H groups in total. The number of hydrogen-bond acceptors (Lipinski definition) is 4. The molecule has 20 heavy (non-hydrogen) atoms. The molecule has 0 aliphatic heterocycles. The van der Waals surface area contributed by atoms with Gasteiger partial charge >= 0.3 is 6.03 Å². The van der Waals surface area contributed by atoms with Gasteiger partial charge in [-0.15, -0.1) is 0 Å². The number of carbonyl (C=O) groups excluding carboxylic acids is 1. The molecule has 0 spiro atoms. The molecule has 1 heterocycles. The number of rotatable bonds is 3. The third-order valence-electron chi connectivity index (χ3n) is 2.33. The first-order valence-corrected chi connectivity index (χ1v) is 5.87. The summed E-state index contributed by atoms with van der Waals surface area (Å²) in [7, 11) is 0. The van der Waals surface area contributed by atoms with Gasteiger partial charge in [0.1, 0.15) is 10.8 Å². The van der Waals surface area contributed by atoms with Crippen LogP contribution in [0.1, 0.15) is 0 Å². The topological polar surface area (TPSA) is 97.2 Å². The molecular weight excluding hydrogens is 284 g/mol. The van der Waals surface area contributed by atoms with E-state index >= 15 is 0 Å². The van der Waals surface area contributed by atoms with Crippen LogP contribution in [0.25, 0.3) is 0 Å². The monoisotopic (exact) mass is 292 g/mol. The average Bonchev–Trinajstić information content (AvgIpc) is 2.38. The van der Waals surface area contributed by atoms with Crippen molar-refractivity contribution in [1.82, 2.24) is 4.98 Å². The molecule has 2 rings (SSSR count). The van der Waals surface area contributed by atoms with Gasteiger partial charge < -0.3 is 10.6 Å². The lowest BCUT2D eigenvalue weighted by atomic mass is 10.3. The molecule has 0 aliphatic carbocycles. The highest BCUT2D eigenvalue weighted by atomic mass is 35.5. The number of nitrogens with one attached hydrogen (secondary N) is 2. The van der Waals surface area contributed by atoms with Crippen LogP contribution in [0.2, 0.25) is 5.15 Å². The predicted octanol–water partition coefficient (Wildman–Crippen LogP) is 3.29. The predicted molar refractivity (Wildman–Crippen MR) is 75.0 cm³/mol. The molecule has 2 amide bonds. The van der Waals surface area contributed by atoms with Gasteiger partial charge in [0, 0.05) is 18.0 Å². The second-order valence-electron chi connectivity index (χ2n) is 3.72. The Balaban J connectivity index is 2.11. The largest absolute Gasteiger partial charge is 0.323 e. The minimum atomic E-state index is -0.610. The third-order valence-corrected chi connectivity index (χ3v) is 2.54. The Hall–Kier alpha value is -2.67. The van der Waals surface area contributed by atoms with E-state index in [-0.39, 0.29) is 16.5 Å². The Morgan fingerprint density at radius 3 is 2.70 bits per heavy atom. The van der Waals surface area contributed by atoms with Crippen LogP contribution in [0.3, 0.4) is 0 Å². The van der Waals surface area contributed by atoms with Crippen LogP contribution in [0, 0.1) is 10.1 Å². The summed E-state index contributed by atoms with van der Waals surface area (Å²) < 4.78 is 0. The van der Waals surface area contributed by atoms with Crippen molar-refractivity contribution in [3.63, 3.8) is 0 Å². The van der Waals surface area contributed by atoms with Crippen molar-refractivity contribution in [3.8, 4) is 0 Å². The zero-order valence-electron chi connectivity index (χ0n) is 10.0. The van der Waals surface area contributed by atoms with Crippen LogP contribution in [-0.2, 0) is 0 Å². The van der Waals surface area contributed by atoms with E-state index in [1.54, 1.807) is 12.1 Å². The molecule has 0 saturated heterocycles. The summed E-state index contributed by atoms with van der Waals surface area (Å²) in [6.07, 6.45) is 1.43. The Labute approximate surface area is 118 Å². The third kappa shape index (κ3) is 3.42. The van der Waals surface area contributed by atoms with Gasteiger partial charge in [-0.3, -0.25) is 10.1 Å². The van der Waals surface area contributed by atoms with E-state index in [2.05, 4.69) is 15.6 Å². The van der Waals surface area contributed by atoms with Crippen molar-refractivity contribution in [3.05, 3.63) is 57.9 Å². The van der Waals surface area contributed by atoms with Crippen molar-refractivity contribution >= 4 is 34.7 Å². The lowest BCUT2D eigenvalue weighted by Crippen LogP contribution is -2.20. The smallest absolute Gasteiger partial charge is 0.308 e. The summed E-state index contributed by atoms with van der Waals surface area (Å²) in [5.41, 5.74) is 0.353. The second-order valence-corrected chi connectivity index (χ2v) is 4.11. The first-order chi connectivity index (χ1) is 9.56. The molecule has 0 radical (unpaired) electrons. The summed E-state index contributed by atoms with van der Waals surface area (Å²) in [5, 5.41) is 15.9. The Morgan fingerprint density at radius 1 is 1.25 bits per heavy atom. The van der Waals surface area contributed by atoms with Crippen LogP contribution in [-0.4, -0.2) is 15.9 Å². The van der Waals surface area contributed by atoms with E-state index < -0.39 is 11.0 Å². The van der Waals surface area contributed by atoms with E-state index in [9.17, 15) is 14.9 Å². The Kier molecular flexibility index (Phi) is 4.11. The molecule has 1 aromatic carbocycles. The molecule has 0 unspecified atom stereocenters. The second kappa shape index (κ2) is 5.98. The number of nitro groups is 1. The number of aromatic nitrogens is 1. The molecule has 2 aromatic rings. The van der Waals surface area contributed by atoms with Gasteiger partial charge in [0.05, 0.1) is 4.92 Å². The van der Waals surface area contributed by atoms with Gasteiger partial charge in [0.25, 0.3) is 5.69 Å². The maximum absolute atomic E-state index is 11.8. The lowest BCUT2D eigenvalue weighted by Gasteiger charge is -2.07. The highest BCUT2D eigenvalue weighted by Gasteiger charge is 2.14. The van der Waals surface area contributed by atoms with Crippen molar-refractivity contribution in [1.29, 1.82) is 0 Å². The molecule has 0 bridgehead atoms. The van der Waals surface area contributed by atoms with Gasteiger partial charge in [-0.1, -0.05) is 23.7 Å². The first kappa shape index (κ1) is 13.8. The molecule has 8 heteroatoms. The number of nitrogens with zero attached hydrogens (tertiary/aromatic N) is 2. The van der Waals surface area contributed by atoms with E-state index in [4.69, 9.17) is 11.6 Å². The van der Waals surface area contributed by atoms with E-state index in [1.165, 1.54) is 30.5 Å². The fraction of sp³-hybridized carbons (Fsp3) is 0. The number of hydrogen-bond donors (Lipinski definition) is 2. The van der Waals surface area contributed by atoms with Gasteiger partial charge in [0.15, 0.2) is 0 Å². The van der Waals surface area contributed by atoms with Crippen LogP contribution in [0.5, 0.6) is 0 Å². The minimum absolute atomic E-state index is 0.107. The number of carbonyl (C=O) groups is 1. The number of benzene rings is 1. The Morgan fingerprint density at radius 2 is 2.00 bits per heavy atom. The molecule has 0 fully saturated rings. The van der Waals surface area contributed by atoms with Crippen molar-refractivity contribution in [2.24, 2.45) is 0 Å². The summed E-state index contributed by atoms with van der Waals surface area (Å²) >= 11 is 5.68. The number of urea groups is 1. The molecule has 1 aromatic heterocycles. The quantitative estimate of drug-likeness (QED) is 0.515. The standard InChI is InChI=1S/C12H9ClN4O3/c13-11-7-8(5-6-14-11)15-12(18)16-9-3-1-2-4-10(9)17(19)20/h1-7H,(H2,14,15,16,18). The highest BCUT2D eigenvalue weighted by Crippen LogP contribution is 2.23. The van der Waals surface area contributed by atoms with Crippen LogP contribution < -0.4 is 10.6 Å². The zero-order valence-corrected chi connectivity index (χ0v) is 10.8. The van der Waals surface area contributed by atoms with E-state index in [0.717, 1.165) is 0 Å². The summed E-state index contributed by atoms with van der Waals surface area (Å²) in [6, 6.07) is 8.25. The fourth-order valence-electron chi connectivity index (χ4n) is 1.50. The molecule has 0 saturated carbocycles. The molecule has 102 valence electrons. The van der Waals surface area contributed by atoms with Gasteiger partial charge in [-0.05, 0) is 18.2 Å². The number of anilines is 2. The van der Waals surface area contributed by atoms with Crippen molar-refractivity contribution in [2.45, 2.75) is 0 Å². The van der Waals surface area contributed by atoms with Crippen molar-refractivity contribution < 1.29 is 9.72 Å². The number of nitro benzene ring substituents is 1. The van der Waals surface area contributed by atoms with Crippen LogP contribution >= 0.6 is 11.6 Å². The first-order valence-electron chi connectivity index (χ1n) is 5.49. The highest BCUT2D eigenvalue weighted by molar-refractivity contribution is 6.29. The normalized spacial score (nSPS) is 9.85. The SMILES string of the molecule is O=C(Nc1ccnc(Cl)c1)Nc1ccccc1[N+](=O)[O-]. The van der Waals surface area contributed by atoms with Crippen molar-refractivity contribution in [2.75, 3.05) is 10.6 Å². The maximum Gasteiger partial charge on any atom is 0.323 e. The number of pyridine rings is 1. The molecule has 7 nitrogen and oxygen atoms in total. The minimum Gasteiger partial charge on any atom is -0.308 e. The van der Waals surface area contributed by atoms with Gasteiger partial charge in [-0.25, -0.2) is 9.78 Å². The van der Waals surface area contributed by atoms with Gasteiger partial charge in [0.2, 0.25) is 0 Å². The number of para-hydroxylation sites is 2. The summed E-state index contributed by atoms with van der Waals surface area (Å²) in [4.78, 5) is 25.8. The number of amides is 2. The molecule has 0 atom stereocenters. The van der Waals surface area contributed by atoms with E-state index in [0.29, 0.717) is 5.69 Å². The molecule has 0 aliphatic rings. The van der Waals surface area contributed by atoms with Crippen LogP contribution in [0.4, 0.5) is 21.9 Å². The lowest BCUT2D eigenvalue weighted by molar-refractivity contribution is -0.383. The number of halogens is 1. The zero-order chi connectivity index (χ0) is 14.5. The Bertz CT molecular complexity index is 663. The maximum atomic E-state index is 11.8. The molecular formula is C12H9ClN4O3. The van der Waals surface area contributed by atoms with Crippen LogP contribution in [0.15, 0.2) is 42.6 Å².